The minimum atomic E-state index is -0.524. The molecule has 24 heavy (non-hydrogen) atoms. The van der Waals surface area contributed by atoms with Crippen molar-refractivity contribution in [2.24, 2.45) is 5.11 Å². The number of carbonyl (C=O) groups excluding carboxylic acids is 2. The number of hydrogen-bond donors (Lipinski definition) is 0. The monoisotopic (exact) mass is 351 g/mol. The maximum Gasteiger partial charge on any atom is 0.410 e. The highest BCUT2D eigenvalue weighted by atomic mass is 32.1. The van der Waals surface area contributed by atoms with E-state index in [1.54, 1.807) is 21.9 Å². The van der Waals surface area contributed by atoms with E-state index in [0.717, 1.165) is 4.88 Å². The van der Waals surface area contributed by atoms with Crippen LogP contribution in [0.25, 0.3) is 10.4 Å². The normalized spacial score (nSPS) is 15.0. The average Bonchev–Trinajstić information content (AvgIpc) is 2.99. The molecule has 0 aliphatic carbocycles. The summed E-state index contributed by atoms with van der Waals surface area (Å²) in [5.74, 6) is -0.0592. The number of rotatable bonds is 3. The number of nitrogens with zero attached hydrogens (tertiary/aromatic N) is 5. The topological polar surface area (TPSA) is 98.6 Å². The van der Waals surface area contributed by atoms with E-state index in [2.05, 4.69) is 10.0 Å². The van der Waals surface area contributed by atoms with Crippen molar-refractivity contribution in [1.82, 2.24) is 9.80 Å². The third-order valence-electron chi connectivity index (χ3n) is 3.38. The van der Waals surface area contributed by atoms with Crippen LogP contribution in [0.1, 0.15) is 35.3 Å². The first-order chi connectivity index (χ1) is 11.3. The van der Waals surface area contributed by atoms with Gasteiger partial charge in [0, 0.05) is 36.0 Å². The number of amides is 2. The molecular formula is C15H21N5O3S. The Labute approximate surface area is 144 Å². The summed E-state index contributed by atoms with van der Waals surface area (Å²) in [6.45, 7) is 7.60. The third kappa shape index (κ3) is 4.87. The molecule has 1 aromatic rings. The van der Waals surface area contributed by atoms with Gasteiger partial charge in [-0.25, -0.2) is 4.79 Å². The zero-order valence-electron chi connectivity index (χ0n) is 14.1. The zero-order valence-corrected chi connectivity index (χ0v) is 14.9. The highest BCUT2D eigenvalue weighted by Crippen LogP contribution is 2.20. The number of hydrogen-bond acceptors (Lipinski definition) is 5. The Hall–Kier alpha value is -2.25. The molecule has 8 nitrogen and oxygen atoms in total. The van der Waals surface area contributed by atoms with Crippen LogP contribution in [0, 0.1) is 0 Å². The first kappa shape index (κ1) is 18.1. The van der Waals surface area contributed by atoms with Gasteiger partial charge in [0.2, 0.25) is 0 Å². The Morgan fingerprint density at radius 1 is 1.25 bits per heavy atom. The number of thiophene rings is 1. The fraction of sp³-hybridized carbons (Fsp3) is 0.600. The molecular weight excluding hydrogens is 330 g/mol. The van der Waals surface area contributed by atoms with Gasteiger partial charge in [-0.3, -0.25) is 4.79 Å². The number of piperazine rings is 1. The zero-order chi connectivity index (χ0) is 17.7. The Morgan fingerprint density at radius 3 is 2.46 bits per heavy atom. The van der Waals surface area contributed by atoms with Gasteiger partial charge >= 0.3 is 6.09 Å². The Kier molecular flexibility index (Phi) is 5.69. The van der Waals surface area contributed by atoms with E-state index in [1.165, 1.54) is 11.3 Å². The molecule has 1 aromatic heterocycles. The van der Waals surface area contributed by atoms with E-state index < -0.39 is 5.60 Å². The lowest BCUT2D eigenvalue weighted by Gasteiger charge is -2.35. The van der Waals surface area contributed by atoms with Gasteiger partial charge in [-0.1, -0.05) is 5.11 Å². The van der Waals surface area contributed by atoms with Gasteiger partial charge in [0.1, 0.15) is 5.60 Å². The Bertz CT molecular complexity index is 652. The summed E-state index contributed by atoms with van der Waals surface area (Å²) in [6, 6.07) is 3.54. The van der Waals surface area contributed by atoms with Gasteiger partial charge in [0.05, 0.1) is 11.4 Å². The van der Waals surface area contributed by atoms with E-state index in [0.29, 0.717) is 31.1 Å². The molecule has 0 spiro atoms. The number of ether oxygens (including phenoxy) is 1. The standard InChI is InChI=1S/C15H21N5O3S/c1-15(2,3)23-14(22)20-8-6-19(7-9-20)13(21)12-5-4-11(24-12)10-17-18-16/h4-5H,6-10H2,1-3H3. The van der Waals surface area contributed by atoms with Crippen LogP contribution in [0.5, 0.6) is 0 Å². The van der Waals surface area contributed by atoms with E-state index in [4.69, 9.17) is 10.3 Å². The van der Waals surface area contributed by atoms with Crippen LogP contribution in [0.3, 0.4) is 0 Å². The molecule has 130 valence electrons. The van der Waals surface area contributed by atoms with Crippen molar-refractivity contribution < 1.29 is 14.3 Å². The summed E-state index contributed by atoms with van der Waals surface area (Å²) in [5, 5.41) is 3.49. The molecule has 1 saturated heterocycles. The molecule has 0 radical (unpaired) electrons. The molecule has 0 unspecified atom stereocenters. The summed E-state index contributed by atoms with van der Waals surface area (Å²) in [6.07, 6.45) is -0.345. The average molecular weight is 351 g/mol. The van der Waals surface area contributed by atoms with Crippen molar-refractivity contribution >= 4 is 23.3 Å². The van der Waals surface area contributed by atoms with Crippen molar-refractivity contribution in [3.8, 4) is 0 Å². The molecule has 1 aliphatic rings. The van der Waals surface area contributed by atoms with Crippen molar-refractivity contribution in [1.29, 1.82) is 0 Å². The second-order valence-electron chi connectivity index (χ2n) is 6.41. The molecule has 0 aromatic carbocycles. The largest absolute Gasteiger partial charge is 0.444 e. The molecule has 9 heteroatoms. The van der Waals surface area contributed by atoms with Gasteiger partial charge in [0.25, 0.3) is 5.91 Å². The summed E-state index contributed by atoms with van der Waals surface area (Å²) in [5.41, 5.74) is 7.81. The fourth-order valence-electron chi connectivity index (χ4n) is 2.25. The Morgan fingerprint density at radius 2 is 1.88 bits per heavy atom. The molecule has 0 atom stereocenters. The predicted molar refractivity (Wildman–Crippen MR) is 90.9 cm³/mol. The van der Waals surface area contributed by atoms with Gasteiger partial charge in [-0.15, -0.1) is 11.3 Å². The van der Waals surface area contributed by atoms with Gasteiger partial charge in [0.15, 0.2) is 0 Å². The SMILES string of the molecule is CC(C)(C)OC(=O)N1CCN(C(=O)c2ccc(CN=[N+]=[N-])s2)CC1. The van der Waals surface area contributed by atoms with Crippen molar-refractivity contribution in [3.63, 3.8) is 0 Å². The second kappa shape index (κ2) is 7.55. The maximum absolute atomic E-state index is 12.5. The lowest BCUT2D eigenvalue weighted by atomic mass is 10.2. The molecule has 2 rings (SSSR count). The highest BCUT2D eigenvalue weighted by Gasteiger charge is 2.28. The molecule has 1 fully saturated rings. The maximum atomic E-state index is 12.5. The highest BCUT2D eigenvalue weighted by molar-refractivity contribution is 7.14. The van der Waals surface area contributed by atoms with Crippen LogP contribution >= 0.6 is 11.3 Å². The van der Waals surface area contributed by atoms with Crippen LogP contribution < -0.4 is 0 Å². The predicted octanol–water partition coefficient (Wildman–Crippen LogP) is 3.25. The molecule has 0 saturated carbocycles. The minimum absolute atomic E-state index is 0.0592. The van der Waals surface area contributed by atoms with Gasteiger partial charge in [-0.05, 0) is 38.4 Å². The number of azide groups is 1. The van der Waals surface area contributed by atoms with E-state index in [-0.39, 0.29) is 18.5 Å². The summed E-state index contributed by atoms with van der Waals surface area (Å²) in [7, 11) is 0. The third-order valence-corrected chi connectivity index (χ3v) is 4.44. The minimum Gasteiger partial charge on any atom is -0.444 e. The van der Waals surface area contributed by atoms with Crippen LogP contribution in [0.4, 0.5) is 4.79 Å². The van der Waals surface area contributed by atoms with E-state index >= 15 is 0 Å². The summed E-state index contributed by atoms with van der Waals surface area (Å²) in [4.78, 5) is 32.0. The molecule has 2 amide bonds. The first-order valence-electron chi connectivity index (χ1n) is 7.67. The van der Waals surface area contributed by atoms with Crippen molar-refractivity contribution in [2.75, 3.05) is 26.2 Å². The lowest BCUT2D eigenvalue weighted by Crippen LogP contribution is -2.51. The summed E-state index contributed by atoms with van der Waals surface area (Å²) < 4.78 is 5.34. The lowest BCUT2D eigenvalue weighted by molar-refractivity contribution is 0.0141. The van der Waals surface area contributed by atoms with Gasteiger partial charge < -0.3 is 14.5 Å². The van der Waals surface area contributed by atoms with Crippen LogP contribution in [-0.4, -0.2) is 53.6 Å². The molecule has 0 bridgehead atoms. The molecule has 0 N–H and O–H groups in total. The number of carbonyl (C=O) groups is 2. The van der Waals surface area contributed by atoms with Crippen molar-refractivity contribution in [2.45, 2.75) is 32.9 Å². The quantitative estimate of drug-likeness (QED) is 0.475. The van der Waals surface area contributed by atoms with Crippen LogP contribution in [0.2, 0.25) is 0 Å². The van der Waals surface area contributed by atoms with Crippen LogP contribution in [0.15, 0.2) is 17.2 Å². The fourth-order valence-corrected chi connectivity index (χ4v) is 3.15. The molecule has 1 aliphatic heterocycles. The Balaban J connectivity index is 1.89. The summed E-state index contributed by atoms with van der Waals surface area (Å²) >= 11 is 1.33. The van der Waals surface area contributed by atoms with E-state index in [9.17, 15) is 9.59 Å². The van der Waals surface area contributed by atoms with Crippen molar-refractivity contribution in [3.05, 3.63) is 32.3 Å². The second-order valence-corrected chi connectivity index (χ2v) is 7.58. The van der Waals surface area contributed by atoms with E-state index in [1.807, 2.05) is 20.8 Å². The van der Waals surface area contributed by atoms with Gasteiger partial charge in [-0.2, -0.15) is 0 Å². The first-order valence-corrected chi connectivity index (χ1v) is 8.48. The molecule has 2 heterocycles. The van der Waals surface area contributed by atoms with Crippen LogP contribution in [-0.2, 0) is 11.3 Å². The smallest absolute Gasteiger partial charge is 0.410 e.